The summed E-state index contributed by atoms with van der Waals surface area (Å²) in [4.78, 5) is 43.0. The van der Waals surface area contributed by atoms with Crippen LogP contribution in [0.4, 0.5) is 11.4 Å². The Morgan fingerprint density at radius 3 is 2.21 bits per heavy atom. The van der Waals surface area contributed by atoms with Crippen LogP contribution in [0, 0.1) is 11.8 Å². The molecule has 3 amide bonds. The number of nitrogens with two attached hydrogens (primary N) is 1. The van der Waals surface area contributed by atoms with E-state index in [0.717, 1.165) is 5.56 Å². The predicted octanol–water partition coefficient (Wildman–Crippen LogP) is 3.11. The molecular formula is C25H33ClN4O3. The van der Waals surface area contributed by atoms with Crippen molar-refractivity contribution in [1.82, 2.24) is 5.32 Å². The van der Waals surface area contributed by atoms with Crippen molar-refractivity contribution >= 4 is 41.5 Å². The lowest BCUT2D eigenvalue weighted by atomic mass is 9.83. The summed E-state index contributed by atoms with van der Waals surface area (Å²) < 4.78 is 0. The Hall–Kier alpha value is -2.90. The lowest BCUT2D eigenvalue weighted by Gasteiger charge is -2.36. The number of likely N-dealkylation sites (N-methyl/N-ethyl adjacent to an activating group) is 1. The number of para-hydroxylation sites is 2. The van der Waals surface area contributed by atoms with Gasteiger partial charge in [0.05, 0.1) is 23.8 Å². The number of carbonyl (C=O) groups excluding carboxylic acids is 3. The second-order valence-electron chi connectivity index (χ2n) is 8.87. The summed E-state index contributed by atoms with van der Waals surface area (Å²) in [6, 6.07) is 17.0. The van der Waals surface area contributed by atoms with Crippen LogP contribution >= 0.6 is 12.4 Å². The molecule has 8 heteroatoms. The Morgan fingerprint density at radius 1 is 1.09 bits per heavy atom. The van der Waals surface area contributed by atoms with Gasteiger partial charge in [-0.15, -0.1) is 12.4 Å². The van der Waals surface area contributed by atoms with Crippen molar-refractivity contribution in [1.29, 1.82) is 0 Å². The van der Waals surface area contributed by atoms with Crippen molar-refractivity contribution in [3.05, 3.63) is 60.2 Å². The topological polar surface area (TPSA) is 95.7 Å². The normalized spacial score (nSPS) is 17.6. The molecule has 2 aromatic carbocycles. The van der Waals surface area contributed by atoms with E-state index in [9.17, 15) is 14.4 Å². The molecule has 33 heavy (non-hydrogen) atoms. The van der Waals surface area contributed by atoms with Gasteiger partial charge in [-0.2, -0.15) is 0 Å². The van der Waals surface area contributed by atoms with Gasteiger partial charge < -0.3 is 20.9 Å². The van der Waals surface area contributed by atoms with E-state index in [0.29, 0.717) is 24.3 Å². The highest BCUT2D eigenvalue weighted by Gasteiger charge is 2.48. The Balaban J connectivity index is 0.00000385. The Morgan fingerprint density at radius 2 is 1.67 bits per heavy atom. The first-order chi connectivity index (χ1) is 15.2. The number of carbonyl (C=O) groups is 3. The molecule has 3 N–H and O–H groups in total. The van der Waals surface area contributed by atoms with Crippen LogP contribution in [0.3, 0.4) is 0 Å². The van der Waals surface area contributed by atoms with Crippen molar-refractivity contribution in [3.63, 3.8) is 0 Å². The number of hydrogen-bond donors (Lipinski definition) is 2. The molecule has 0 fully saturated rings. The fourth-order valence-electron chi connectivity index (χ4n) is 4.11. The maximum Gasteiger partial charge on any atom is 0.238 e. The molecule has 0 bridgehead atoms. The first-order valence-corrected chi connectivity index (χ1v) is 10.9. The molecule has 0 radical (unpaired) electrons. The summed E-state index contributed by atoms with van der Waals surface area (Å²) >= 11 is 0. The van der Waals surface area contributed by atoms with E-state index in [4.69, 9.17) is 5.73 Å². The quantitative estimate of drug-likeness (QED) is 0.647. The van der Waals surface area contributed by atoms with Gasteiger partial charge in [-0.25, -0.2) is 0 Å². The van der Waals surface area contributed by atoms with E-state index < -0.39 is 17.4 Å². The lowest BCUT2D eigenvalue weighted by molar-refractivity contribution is -0.133. The van der Waals surface area contributed by atoms with Crippen molar-refractivity contribution < 1.29 is 14.4 Å². The number of amides is 3. The highest BCUT2D eigenvalue weighted by Crippen LogP contribution is 2.38. The van der Waals surface area contributed by atoms with Crippen LogP contribution in [0.2, 0.25) is 0 Å². The molecule has 1 unspecified atom stereocenters. The van der Waals surface area contributed by atoms with Gasteiger partial charge in [-0.05, 0) is 37.6 Å². The van der Waals surface area contributed by atoms with Gasteiger partial charge in [0.25, 0.3) is 0 Å². The van der Waals surface area contributed by atoms with Gasteiger partial charge in [0, 0.05) is 13.0 Å². The second-order valence-corrected chi connectivity index (χ2v) is 8.87. The van der Waals surface area contributed by atoms with Crippen LogP contribution in [0.25, 0.3) is 0 Å². The fourth-order valence-corrected chi connectivity index (χ4v) is 4.11. The number of hydrogen-bond acceptors (Lipinski definition) is 4. The van der Waals surface area contributed by atoms with E-state index in [1.807, 2.05) is 68.4 Å². The number of nitrogens with zero attached hydrogens (tertiary/aromatic N) is 2. The fraction of sp³-hybridized carbons (Fsp3) is 0.400. The zero-order valence-corrected chi connectivity index (χ0v) is 20.4. The average molecular weight is 473 g/mol. The number of primary amides is 1. The van der Waals surface area contributed by atoms with Crippen LogP contribution < -0.4 is 20.9 Å². The SMILES string of the molecule is CNC(C)(C(N)=O)[C@@H]1CN(C(=O)CC(C)C)c2ccccc2N(Cc2ccccc2)C1=O.Cl. The smallest absolute Gasteiger partial charge is 0.238 e. The Labute approximate surface area is 201 Å². The van der Waals surface area contributed by atoms with E-state index in [1.54, 1.807) is 23.8 Å². The number of nitrogens with one attached hydrogen (secondary N) is 1. The third-order valence-electron chi connectivity index (χ3n) is 6.19. The number of fused-ring (bicyclic) bond motifs is 1. The van der Waals surface area contributed by atoms with E-state index in [1.165, 1.54) is 0 Å². The van der Waals surface area contributed by atoms with Gasteiger partial charge in [0.15, 0.2) is 0 Å². The number of benzene rings is 2. The molecule has 0 saturated heterocycles. The van der Waals surface area contributed by atoms with Gasteiger partial charge in [0.2, 0.25) is 17.7 Å². The zero-order chi connectivity index (χ0) is 23.5. The van der Waals surface area contributed by atoms with E-state index >= 15 is 0 Å². The van der Waals surface area contributed by atoms with Crippen molar-refractivity contribution in [2.24, 2.45) is 17.6 Å². The largest absolute Gasteiger partial charge is 0.368 e. The molecule has 0 aromatic heterocycles. The molecule has 1 aliphatic heterocycles. The van der Waals surface area contributed by atoms with Gasteiger partial charge in [0.1, 0.15) is 5.54 Å². The van der Waals surface area contributed by atoms with Crippen molar-refractivity contribution in [2.45, 2.75) is 39.3 Å². The summed E-state index contributed by atoms with van der Waals surface area (Å²) in [5, 5.41) is 2.96. The molecule has 1 heterocycles. The molecule has 0 aliphatic carbocycles. The van der Waals surface area contributed by atoms with Crippen LogP contribution in [-0.2, 0) is 20.9 Å². The molecule has 2 atom stereocenters. The highest BCUT2D eigenvalue weighted by atomic mass is 35.5. The first kappa shape index (κ1) is 26.4. The molecular weight excluding hydrogens is 440 g/mol. The molecule has 0 spiro atoms. The van der Waals surface area contributed by atoms with E-state index in [2.05, 4.69) is 5.32 Å². The van der Waals surface area contributed by atoms with E-state index in [-0.39, 0.29) is 36.7 Å². The standard InChI is InChI=1S/C25H32N4O3.ClH/c1-17(2)14-22(30)28-16-19(25(3,27-4)24(26)32)23(31)29(15-18-10-6-5-7-11-18)21-13-9-8-12-20(21)28;/h5-13,17,19,27H,14-16H2,1-4H3,(H2,26,32);1H/t19-,25?;/m1./s1. The number of anilines is 2. The summed E-state index contributed by atoms with van der Waals surface area (Å²) in [5.41, 5.74) is 6.67. The molecule has 3 rings (SSSR count). The second kappa shape index (κ2) is 10.8. The van der Waals surface area contributed by atoms with Crippen LogP contribution in [0.1, 0.15) is 32.8 Å². The monoisotopic (exact) mass is 472 g/mol. The minimum absolute atomic E-state index is 0. The Bertz CT molecular complexity index is 998. The number of rotatable bonds is 7. The first-order valence-electron chi connectivity index (χ1n) is 10.9. The molecule has 1 aliphatic rings. The predicted molar refractivity (Wildman–Crippen MR) is 133 cm³/mol. The Kier molecular flexibility index (Phi) is 8.63. The minimum atomic E-state index is -1.33. The minimum Gasteiger partial charge on any atom is -0.368 e. The summed E-state index contributed by atoms with van der Waals surface area (Å²) in [5.74, 6) is -1.69. The molecule has 7 nitrogen and oxygen atoms in total. The van der Waals surface area contributed by atoms with Crippen molar-refractivity contribution in [3.8, 4) is 0 Å². The summed E-state index contributed by atoms with van der Waals surface area (Å²) in [6.07, 6.45) is 0.334. The van der Waals surface area contributed by atoms with Crippen LogP contribution in [0.15, 0.2) is 54.6 Å². The summed E-state index contributed by atoms with van der Waals surface area (Å²) in [6.45, 7) is 5.96. The van der Waals surface area contributed by atoms with Gasteiger partial charge in [-0.1, -0.05) is 56.3 Å². The third kappa shape index (κ3) is 5.37. The third-order valence-corrected chi connectivity index (χ3v) is 6.19. The van der Waals surface area contributed by atoms with Crippen LogP contribution in [-0.4, -0.2) is 36.9 Å². The lowest BCUT2D eigenvalue weighted by Crippen LogP contribution is -2.63. The molecule has 2 aromatic rings. The zero-order valence-electron chi connectivity index (χ0n) is 19.6. The highest BCUT2D eigenvalue weighted by molar-refractivity contribution is 6.08. The maximum atomic E-state index is 14.0. The molecule has 178 valence electrons. The van der Waals surface area contributed by atoms with Crippen molar-refractivity contribution in [2.75, 3.05) is 23.4 Å². The van der Waals surface area contributed by atoms with Gasteiger partial charge >= 0.3 is 0 Å². The summed E-state index contributed by atoms with van der Waals surface area (Å²) in [7, 11) is 1.61. The maximum absolute atomic E-state index is 14.0. The average Bonchev–Trinajstić information content (AvgIpc) is 2.89. The van der Waals surface area contributed by atoms with Crippen LogP contribution in [0.5, 0.6) is 0 Å². The van der Waals surface area contributed by atoms with Gasteiger partial charge in [-0.3, -0.25) is 14.4 Å². The molecule has 0 saturated carbocycles. The number of halogens is 1.